The molecule has 0 aliphatic carbocycles. The molecule has 6 heteroatoms. The lowest BCUT2D eigenvalue weighted by Crippen LogP contribution is -2.27. The zero-order valence-electron chi connectivity index (χ0n) is 11.2. The number of hydrogen-bond acceptors (Lipinski definition) is 4. The van der Waals surface area contributed by atoms with Crippen molar-refractivity contribution < 1.29 is 14.3 Å². The second kappa shape index (κ2) is 14.0. The Morgan fingerprint density at radius 2 is 1.83 bits per heavy atom. The Morgan fingerprint density at radius 3 is 2.39 bits per heavy atom. The van der Waals surface area contributed by atoms with Crippen LogP contribution in [0.4, 0.5) is 4.79 Å². The monoisotopic (exact) mass is 278 g/mol. The number of nitrogens with zero attached hydrogens (tertiary/aromatic N) is 2. The largest absolute Gasteiger partial charge is 0.448 e. The topological polar surface area (TPSA) is 59.0 Å². The number of hydrogen-bond donors (Lipinski definition) is 0. The highest BCUT2D eigenvalue weighted by atomic mass is 35.5. The Balaban J connectivity index is 0. The summed E-state index contributed by atoms with van der Waals surface area (Å²) >= 11 is 0. The predicted molar refractivity (Wildman–Crippen MR) is 72.5 cm³/mol. The summed E-state index contributed by atoms with van der Waals surface area (Å²) in [6.07, 6.45) is 6.72. The molecule has 1 amide bonds. The van der Waals surface area contributed by atoms with Crippen molar-refractivity contribution in [1.82, 2.24) is 5.01 Å². The molecule has 0 saturated heterocycles. The maximum absolute atomic E-state index is 11.5. The van der Waals surface area contributed by atoms with Crippen molar-refractivity contribution in [3.05, 3.63) is 0 Å². The van der Waals surface area contributed by atoms with E-state index in [1.165, 1.54) is 6.08 Å². The van der Waals surface area contributed by atoms with Gasteiger partial charge in [-0.05, 0) is 12.8 Å². The van der Waals surface area contributed by atoms with Crippen LogP contribution >= 0.6 is 12.4 Å². The third kappa shape index (κ3) is 10.1. The average Bonchev–Trinajstić information content (AvgIpc) is 2.34. The highest BCUT2D eigenvalue weighted by Crippen LogP contribution is 2.02. The molecule has 0 bridgehead atoms. The van der Waals surface area contributed by atoms with Crippen molar-refractivity contribution in [3.8, 4) is 0 Å². The predicted octanol–water partition coefficient (Wildman–Crippen LogP) is 3.48. The summed E-state index contributed by atoms with van der Waals surface area (Å²) in [6.45, 7) is 4.91. The van der Waals surface area contributed by atoms with Crippen LogP contribution in [0.3, 0.4) is 0 Å². The molecule has 0 unspecified atom stereocenters. The van der Waals surface area contributed by atoms with Crippen LogP contribution < -0.4 is 0 Å². The van der Waals surface area contributed by atoms with E-state index in [9.17, 15) is 9.59 Å². The third-order valence-electron chi connectivity index (χ3n) is 2.32. The van der Waals surface area contributed by atoms with Gasteiger partial charge in [0.15, 0.2) is 0 Å². The minimum Gasteiger partial charge on any atom is -0.448 e. The number of rotatable bonds is 9. The lowest BCUT2D eigenvalue weighted by atomic mass is 10.2. The van der Waals surface area contributed by atoms with E-state index in [2.05, 4.69) is 12.0 Å². The fraction of sp³-hybridized carbons (Fsp3) is 0.833. The number of hydrazone groups is 1. The molecule has 0 aliphatic heterocycles. The molecular formula is C12H23ClN2O3. The van der Waals surface area contributed by atoms with E-state index in [0.29, 0.717) is 13.2 Å². The van der Waals surface area contributed by atoms with Gasteiger partial charge >= 0.3 is 6.09 Å². The van der Waals surface area contributed by atoms with Gasteiger partial charge in [0.05, 0.1) is 6.61 Å². The molecule has 0 aromatic rings. The molecule has 0 heterocycles. The van der Waals surface area contributed by atoms with Crippen LogP contribution in [-0.2, 0) is 9.53 Å². The summed E-state index contributed by atoms with van der Waals surface area (Å²) in [7, 11) is 0. The first-order valence-corrected chi connectivity index (χ1v) is 6.28. The highest BCUT2D eigenvalue weighted by molar-refractivity contribution is 5.85. The number of ether oxygens (including phenoxy) is 1. The summed E-state index contributed by atoms with van der Waals surface area (Å²) in [5.74, 6) is 0. The molecule has 0 saturated carbocycles. The van der Waals surface area contributed by atoms with E-state index in [4.69, 9.17) is 4.74 Å². The first-order valence-electron chi connectivity index (χ1n) is 6.28. The molecule has 0 rings (SSSR count). The Hall–Kier alpha value is -1.06. The number of carbonyl (C=O) groups excluding carboxylic acids is 2. The summed E-state index contributed by atoms with van der Waals surface area (Å²) < 4.78 is 5.01. The number of carbonyl (C=O) groups is 1. The van der Waals surface area contributed by atoms with Gasteiger partial charge in [0.2, 0.25) is 0 Å². The fourth-order valence-corrected chi connectivity index (χ4v) is 1.30. The average molecular weight is 279 g/mol. The molecule has 0 aliphatic rings. The summed E-state index contributed by atoms with van der Waals surface area (Å²) in [4.78, 5) is 21.7. The van der Waals surface area contributed by atoms with E-state index >= 15 is 0 Å². The van der Waals surface area contributed by atoms with E-state index in [1.54, 1.807) is 0 Å². The van der Waals surface area contributed by atoms with Crippen molar-refractivity contribution in [1.29, 1.82) is 0 Å². The van der Waals surface area contributed by atoms with Crippen LogP contribution in [0.25, 0.3) is 0 Å². The molecule has 0 atom stereocenters. The van der Waals surface area contributed by atoms with Gasteiger partial charge in [-0.15, -0.1) is 12.4 Å². The number of halogens is 1. The van der Waals surface area contributed by atoms with Crippen molar-refractivity contribution in [2.75, 3.05) is 13.2 Å². The van der Waals surface area contributed by atoms with Crippen LogP contribution in [0.5, 0.6) is 0 Å². The van der Waals surface area contributed by atoms with Gasteiger partial charge in [0.25, 0.3) is 6.08 Å². The maximum Gasteiger partial charge on any atom is 0.431 e. The van der Waals surface area contributed by atoms with Crippen molar-refractivity contribution in [3.63, 3.8) is 0 Å². The first-order chi connectivity index (χ1) is 8.26. The van der Waals surface area contributed by atoms with Gasteiger partial charge in [0.1, 0.15) is 0 Å². The molecule has 0 spiro atoms. The normalized spacial score (nSPS) is 9.00. The molecular weight excluding hydrogens is 256 g/mol. The Labute approximate surface area is 115 Å². The minimum atomic E-state index is -0.557. The number of amides is 1. The Morgan fingerprint density at radius 1 is 1.17 bits per heavy atom. The summed E-state index contributed by atoms with van der Waals surface area (Å²) in [6, 6.07) is 0. The minimum absolute atomic E-state index is 0. The number of unbranched alkanes of at least 4 members (excludes halogenated alkanes) is 4. The number of isocyanates is 1. The molecule has 106 valence electrons. The molecule has 0 N–H and O–H groups in total. The van der Waals surface area contributed by atoms with Crippen LogP contribution in [0.1, 0.15) is 52.4 Å². The fourth-order valence-electron chi connectivity index (χ4n) is 1.30. The highest BCUT2D eigenvalue weighted by Gasteiger charge is 2.13. The summed E-state index contributed by atoms with van der Waals surface area (Å²) in [5.41, 5.74) is 0. The second-order valence-electron chi connectivity index (χ2n) is 3.84. The van der Waals surface area contributed by atoms with Crippen LogP contribution in [0, 0.1) is 0 Å². The standard InChI is InChI=1S/C12H22N2O3.ClH/c1-3-5-7-8-10-17-12(16)14(13-11-15)9-6-4-2;/h3-10H2,1-2H3;1H. The van der Waals surface area contributed by atoms with Gasteiger partial charge < -0.3 is 4.74 Å². The SMILES string of the molecule is CCCCCCOC(=O)N(CCCC)N=C=O.Cl. The lowest BCUT2D eigenvalue weighted by Gasteiger charge is -2.14. The Bertz CT molecular complexity index is 256. The molecule has 0 aromatic heterocycles. The van der Waals surface area contributed by atoms with Crippen LogP contribution in [-0.4, -0.2) is 30.3 Å². The van der Waals surface area contributed by atoms with Gasteiger partial charge in [-0.1, -0.05) is 44.6 Å². The third-order valence-corrected chi connectivity index (χ3v) is 2.32. The van der Waals surface area contributed by atoms with Crippen LogP contribution in [0.15, 0.2) is 5.10 Å². The zero-order chi connectivity index (χ0) is 12.9. The van der Waals surface area contributed by atoms with Crippen LogP contribution in [0.2, 0.25) is 0 Å². The molecule has 0 aromatic carbocycles. The Kier molecular flexibility index (Phi) is 15.0. The quantitative estimate of drug-likeness (QED) is 0.281. The van der Waals surface area contributed by atoms with E-state index in [-0.39, 0.29) is 12.4 Å². The smallest absolute Gasteiger partial charge is 0.431 e. The van der Waals surface area contributed by atoms with Gasteiger partial charge in [-0.3, -0.25) is 0 Å². The van der Waals surface area contributed by atoms with E-state index in [1.807, 2.05) is 6.92 Å². The second-order valence-corrected chi connectivity index (χ2v) is 3.84. The first kappa shape index (κ1) is 19.3. The summed E-state index contributed by atoms with van der Waals surface area (Å²) in [5, 5.41) is 4.37. The van der Waals surface area contributed by atoms with E-state index < -0.39 is 6.09 Å². The molecule has 5 nitrogen and oxygen atoms in total. The molecule has 18 heavy (non-hydrogen) atoms. The molecule has 0 fully saturated rings. The van der Waals surface area contributed by atoms with Crippen molar-refractivity contribution >= 4 is 24.6 Å². The van der Waals surface area contributed by atoms with Crippen molar-refractivity contribution in [2.45, 2.75) is 52.4 Å². The maximum atomic E-state index is 11.5. The lowest BCUT2D eigenvalue weighted by molar-refractivity contribution is 0.101. The van der Waals surface area contributed by atoms with Crippen molar-refractivity contribution in [2.24, 2.45) is 5.10 Å². The molecule has 0 radical (unpaired) electrons. The van der Waals surface area contributed by atoms with Gasteiger partial charge in [-0.25, -0.2) is 9.59 Å². The zero-order valence-corrected chi connectivity index (χ0v) is 12.0. The van der Waals surface area contributed by atoms with E-state index in [0.717, 1.165) is 43.5 Å². The van der Waals surface area contributed by atoms with Gasteiger partial charge in [0, 0.05) is 6.54 Å². The van der Waals surface area contributed by atoms with Gasteiger partial charge in [-0.2, -0.15) is 5.01 Å².